The number of ketones is 2. The van der Waals surface area contributed by atoms with Crippen molar-refractivity contribution in [2.24, 2.45) is 0 Å². The van der Waals surface area contributed by atoms with Crippen LogP contribution in [0.2, 0.25) is 0 Å². The van der Waals surface area contributed by atoms with E-state index in [1.54, 1.807) is 12.2 Å². The van der Waals surface area contributed by atoms with Crippen LogP contribution in [0.3, 0.4) is 0 Å². The minimum Gasteiger partial charge on any atom is -0.457 e. The molecule has 0 fully saturated rings. The molecule has 0 spiro atoms. The van der Waals surface area contributed by atoms with Crippen LogP contribution >= 0.6 is 0 Å². The maximum Gasteiger partial charge on any atom is 0.230 e. The molecule has 43 heavy (non-hydrogen) atoms. The van der Waals surface area contributed by atoms with Gasteiger partial charge in [0.2, 0.25) is 18.4 Å². The first kappa shape index (κ1) is 25.9. The number of aromatic nitrogens is 4. The van der Waals surface area contributed by atoms with Crippen molar-refractivity contribution in [2.45, 2.75) is 0 Å². The predicted octanol–water partition coefficient (Wildman–Crippen LogP) is 6.76. The zero-order chi connectivity index (χ0) is 29.2. The fourth-order valence-electron chi connectivity index (χ4n) is 5.14. The van der Waals surface area contributed by atoms with Crippen molar-refractivity contribution in [1.82, 2.24) is 19.9 Å². The molecule has 0 saturated heterocycles. The topological polar surface area (TPSA) is 104 Å². The van der Waals surface area contributed by atoms with E-state index in [0.29, 0.717) is 11.4 Å². The number of rotatable bonds is 6. The molecule has 0 radical (unpaired) electrons. The lowest BCUT2D eigenvalue weighted by molar-refractivity contribution is 0.103. The van der Waals surface area contributed by atoms with E-state index in [-0.39, 0.29) is 18.4 Å². The molecule has 0 atom stereocenters. The molecule has 8 nitrogen and oxygen atoms in total. The SMILES string of the molecule is O=C(/C=C/c1ccc2c3c(ccc2c1)OCOc1ccc2cc(/C=C/C(=O)c4cnccn4)ccc2c1-3)c1cnccn1. The molecule has 2 aromatic heterocycles. The Morgan fingerprint density at radius 3 is 1.53 bits per heavy atom. The normalized spacial score (nSPS) is 12.5. The van der Waals surface area contributed by atoms with E-state index in [9.17, 15) is 9.59 Å². The summed E-state index contributed by atoms with van der Waals surface area (Å²) in [5.41, 5.74) is 4.20. The lowest BCUT2D eigenvalue weighted by Gasteiger charge is -2.14. The smallest absolute Gasteiger partial charge is 0.230 e. The van der Waals surface area contributed by atoms with Crippen molar-refractivity contribution in [1.29, 1.82) is 0 Å². The summed E-state index contributed by atoms with van der Waals surface area (Å²) >= 11 is 0. The van der Waals surface area contributed by atoms with E-state index < -0.39 is 0 Å². The van der Waals surface area contributed by atoms with Crippen LogP contribution in [-0.4, -0.2) is 38.3 Å². The quantitative estimate of drug-likeness (QED) is 0.162. The number of carbonyl (C=O) groups excluding carboxylic acids is 2. The van der Waals surface area contributed by atoms with Crippen LogP contribution in [0.1, 0.15) is 32.1 Å². The highest BCUT2D eigenvalue weighted by molar-refractivity contribution is 6.11. The Morgan fingerprint density at radius 1 is 0.605 bits per heavy atom. The number of hydrogen-bond donors (Lipinski definition) is 0. The van der Waals surface area contributed by atoms with Crippen LogP contribution in [0.5, 0.6) is 11.5 Å². The van der Waals surface area contributed by atoms with Gasteiger partial charge < -0.3 is 9.47 Å². The summed E-state index contributed by atoms with van der Waals surface area (Å²) in [5.74, 6) is 1.01. The standard InChI is InChI=1S/C35H22N4O4/c40-30(28-19-36-13-15-38-28)9-3-22-1-7-26-24(17-22)5-11-32-34(26)35-27-8-2-23(4-10-31(41)29-20-37-14-16-39-29)18-25(27)6-12-33(35)43-21-42-32/h1-20H,21H2/b9-3+,10-4+. The number of carbonyl (C=O) groups is 2. The Bertz CT molecular complexity index is 1940. The Balaban J connectivity index is 1.27. The monoisotopic (exact) mass is 562 g/mol. The fourth-order valence-corrected chi connectivity index (χ4v) is 5.14. The Morgan fingerprint density at radius 2 is 1.09 bits per heavy atom. The number of benzene rings is 4. The molecule has 0 amide bonds. The highest BCUT2D eigenvalue weighted by atomic mass is 16.7. The highest BCUT2D eigenvalue weighted by Crippen LogP contribution is 2.47. The van der Waals surface area contributed by atoms with Gasteiger partial charge in [-0.2, -0.15) is 0 Å². The molecule has 4 aromatic carbocycles. The minimum atomic E-state index is -0.214. The van der Waals surface area contributed by atoms with Gasteiger partial charge in [-0.25, -0.2) is 9.97 Å². The Labute approximate surface area is 246 Å². The lowest BCUT2D eigenvalue weighted by atomic mass is 9.91. The molecule has 1 aliphatic rings. The summed E-state index contributed by atoms with van der Waals surface area (Å²) in [6.07, 6.45) is 15.5. The predicted molar refractivity (Wildman–Crippen MR) is 164 cm³/mol. The number of allylic oxidation sites excluding steroid dienone is 2. The average Bonchev–Trinajstić information content (AvgIpc) is 3.26. The van der Waals surface area contributed by atoms with Gasteiger partial charge in [-0.3, -0.25) is 19.6 Å². The molecule has 0 aliphatic carbocycles. The molecule has 3 heterocycles. The summed E-state index contributed by atoms with van der Waals surface area (Å²) in [4.78, 5) is 41.0. The van der Waals surface area contributed by atoms with Gasteiger partial charge in [-0.15, -0.1) is 0 Å². The maximum absolute atomic E-state index is 12.5. The molecular formula is C35H22N4O4. The third-order valence-electron chi connectivity index (χ3n) is 7.18. The van der Waals surface area contributed by atoms with Gasteiger partial charge in [0.1, 0.15) is 22.9 Å². The van der Waals surface area contributed by atoms with E-state index in [4.69, 9.17) is 9.47 Å². The summed E-state index contributed by atoms with van der Waals surface area (Å²) in [6.45, 7) is 0.0909. The maximum atomic E-state index is 12.5. The van der Waals surface area contributed by atoms with Crippen LogP contribution in [-0.2, 0) is 0 Å². The van der Waals surface area contributed by atoms with Crippen molar-refractivity contribution < 1.29 is 19.1 Å². The third kappa shape index (κ3) is 5.13. The second-order valence-electron chi connectivity index (χ2n) is 9.82. The Hall–Kier alpha value is -6.02. The third-order valence-corrected chi connectivity index (χ3v) is 7.18. The summed E-state index contributed by atoms with van der Waals surface area (Å²) < 4.78 is 12.0. The number of ether oxygens (including phenoxy) is 2. The molecule has 8 heteroatoms. The van der Waals surface area contributed by atoms with E-state index in [2.05, 4.69) is 19.9 Å². The van der Waals surface area contributed by atoms with Crippen molar-refractivity contribution in [3.8, 4) is 22.6 Å². The van der Waals surface area contributed by atoms with Crippen LogP contribution in [0.15, 0.2) is 110 Å². The molecule has 0 saturated carbocycles. The van der Waals surface area contributed by atoms with E-state index in [1.807, 2.05) is 60.7 Å². The van der Waals surface area contributed by atoms with Crippen LogP contribution < -0.4 is 9.47 Å². The molecule has 206 valence electrons. The molecule has 7 rings (SSSR count). The lowest BCUT2D eigenvalue weighted by Crippen LogP contribution is -2.03. The molecule has 1 aliphatic heterocycles. The first-order valence-electron chi connectivity index (χ1n) is 13.5. The minimum absolute atomic E-state index is 0.0909. The van der Waals surface area contributed by atoms with Crippen molar-refractivity contribution in [3.63, 3.8) is 0 Å². The molecule has 0 bridgehead atoms. The highest BCUT2D eigenvalue weighted by Gasteiger charge is 2.22. The van der Waals surface area contributed by atoms with Gasteiger partial charge in [0.25, 0.3) is 0 Å². The fraction of sp³-hybridized carbons (Fsp3) is 0.0286. The average molecular weight is 563 g/mol. The van der Waals surface area contributed by atoms with E-state index in [0.717, 1.165) is 55.3 Å². The van der Waals surface area contributed by atoms with Gasteiger partial charge in [-0.1, -0.05) is 48.6 Å². The van der Waals surface area contributed by atoms with Crippen molar-refractivity contribution in [2.75, 3.05) is 6.79 Å². The molecule has 0 N–H and O–H groups in total. The first-order valence-corrected chi connectivity index (χ1v) is 13.5. The van der Waals surface area contributed by atoms with Crippen molar-refractivity contribution >= 4 is 45.3 Å². The molecular weight excluding hydrogens is 540 g/mol. The summed E-state index contributed by atoms with van der Waals surface area (Å²) in [5, 5.41) is 3.96. The summed E-state index contributed by atoms with van der Waals surface area (Å²) in [6, 6.07) is 20.0. The second-order valence-corrected chi connectivity index (χ2v) is 9.82. The number of nitrogens with zero attached hydrogens (tertiary/aromatic N) is 4. The van der Waals surface area contributed by atoms with Gasteiger partial charge in [0.05, 0.1) is 12.4 Å². The number of hydrogen-bond acceptors (Lipinski definition) is 8. The van der Waals surface area contributed by atoms with Gasteiger partial charge in [0, 0.05) is 35.9 Å². The molecule has 6 aromatic rings. The van der Waals surface area contributed by atoms with Gasteiger partial charge >= 0.3 is 0 Å². The van der Waals surface area contributed by atoms with Crippen LogP contribution in [0.4, 0.5) is 0 Å². The van der Waals surface area contributed by atoms with E-state index >= 15 is 0 Å². The van der Waals surface area contributed by atoms with E-state index in [1.165, 1.54) is 49.3 Å². The van der Waals surface area contributed by atoms with Gasteiger partial charge in [0.15, 0.2) is 0 Å². The second kappa shape index (κ2) is 11.1. The zero-order valence-electron chi connectivity index (χ0n) is 22.7. The zero-order valence-corrected chi connectivity index (χ0v) is 22.7. The molecule has 0 unspecified atom stereocenters. The Kier molecular flexibility index (Phi) is 6.69. The van der Waals surface area contributed by atoms with Crippen LogP contribution in [0, 0.1) is 0 Å². The first-order chi connectivity index (χ1) is 21.1. The largest absolute Gasteiger partial charge is 0.457 e. The van der Waals surface area contributed by atoms with Gasteiger partial charge in [-0.05, 0) is 69.1 Å². The number of fused-ring (bicyclic) bond motifs is 7. The summed E-state index contributed by atoms with van der Waals surface area (Å²) in [7, 11) is 0. The van der Waals surface area contributed by atoms with Crippen molar-refractivity contribution in [3.05, 3.63) is 133 Å². The van der Waals surface area contributed by atoms with Crippen LogP contribution in [0.25, 0.3) is 44.8 Å².